The Morgan fingerprint density at radius 1 is 1.33 bits per heavy atom. The van der Waals surface area contributed by atoms with Crippen molar-refractivity contribution in [3.05, 3.63) is 28.2 Å². The summed E-state index contributed by atoms with van der Waals surface area (Å²) in [7, 11) is 0. The standard InChI is InChI=1S/C16H23BrF2N2/c1-4-12-8-20-11(5-10(2)3)9-21(12)16-7-14(18)13(17)6-15(16)19/h6-7,10-12,20H,4-5,8-9H2,1-3H3. The highest BCUT2D eigenvalue weighted by Crippen LogP contribution is 2.30. The number of piperazine rings is 1. The first-order chi connectivity index (χ1) is 9.92. The highest BCUT2D eigenvalue weighted by atomic mass is 79.9. The Morgan fingerprint density at radius 3 is 2.67 bits per heavy atom. The number of hydrogen-bond acceptors (Lipinski definition) is 2. The molecule has 1 aliphatic heterocycles. The number of rotatable bonds is 4. The van der Waals surface area contributed by atoms with Crippen molar-refractivity contribution in [1.82, 2.24) is 5.32 Å². The molecule has 0 saturated carbocycles. The molecule has 0 radical (unpaired) electrons. The molecule has 1 aromatic carbocycles. The first-order valence-electron chi connectivity index (χ1n) is 7.56. The smallest absolute Gasteiger partial charge is 0.147 e. The highest BCUT2D eigenvalue weighted by Gasteiger charge is 2.29. The minimum Gasteiger partial charge on any atom is -0.363 e. The second-order valence-electron chi connectivity index (χ2n) is 6.17. The number of nitrogens with one attached hydrogen (secondary N) is 1. The van der Waals surface area contributed by atoms with Crippen LogP contribution in [0.1, 0.15) is 33.6 Å². The third kappa shape index (κ3) is 3.95. The SMILES string of the molecule is CCC1CNC(CC(C)C)CN1c1cc(F)c(Br)cc1F. The molecule has 2 unspecified atom stereocenters. The number of benzene rings is 1. The van der Waals surface area contributed by atoms with Crippen molar-refractivity contribution in [3.8, 4) is 0 Å². The number of anilines is 1. The lowest BCUT2D eigenvalue weighted by Crippen LogP contribution is -2.57. The summed E-state index contributed by atoms with van der Waals surface area (Å²) in [5, 5.41) is 3.53. The van der Waals surface area contributed by atoms with Crippen LogP contribution < -0.4 is 10.2 Å². The monoisotopic (exact) mass is 360 g/mol. The molecule has 1 aliphatic rings. The zero-order valence-electron chi connectivity index (χ0n) is 12.8. The van der Waals surface area contributed by atoms with Crippen molar-refractivity contribution < 1.29 is 8.78 Å². The fourth-order valence-electron chi connectivity index (χ4n) is 2.98. The first-order valence-corrected chi connectivity index (χ1v) is 8.36. The van der Waals surface area contributed by atoms with Gasteiger partial charge in [0.1, 0.15) is 11.6 Å². The summed E-state index contributed by atoms with van der Waals surface area (Å²) in [5.41, 5.74) is 0.373. The number of halogens is 3. The fourth-order valence-corrected chi connectivity index (χ4v) is 3.30. The van der Waals surface area contributed by atoms with E-state index in [9.17, 15) is 8.78 Å². The summed E-state index contributed by atoms with van der Waals surface area (Å²) in [6, 6.07) is 3.04. The van der Waals surface area contributed by atoms with E-state index < -0.39 is 5.82 Å². The quantitative estimate of drug-likeness (QED) is 0.803. The summed E-state index contributed by atoms with van der Waals surface area (Å²) >= 11 is 3.04. The molecule has 1 aromatic rings. The summed E-state index contributed by atoms with van der Waals surface area (Å²) in [6.07, 6.45) is 1.94. The van der Waals surface area contributed by atoms with Gasteiger partial charge < -0.3 is 10.2 Å². The molecular weight excluding hydrogens is 338 g/mol. The minimum atomic E-state index is -0.416. The Morgan fingerprint density at radius 2 is 2.05 bits per heavy atom. The van der Waals surface area contributed by atoms with Gasteiger partial charge in [-0.1, -0.05) is 20.8 Å². The van der Waals surface area contributed by atoms with Gasteiger partial charge in [-0.2, -0.15) is 0 Å². The predicted molar refractivity (Wildman–Crippen MR) is 86.7 cm³/mol. The van der Waals surface area contributed by atoms with Gasteiger partial charge in [-0.05, 0) is 40.8 Å². The van der Waals surface area contributed by atoms with Crippen LogP contribution in [0.3, 0.4) is 0 Å². The highest BCUT2D eigenvalue weighted by molar-refractivity contribution is 9.10. The van der Waals surface area contributed by atoms with Crippen LogP contribution >= 0.6 is 15.9 Å². The third-order valence-electron chi connectivity index (χ3n) is 4.03. The molecule has 1 saturated heterocycles. The van der Waals surface area contributed by atoms with E-state index in [4.69, 9.17) is 0 Å². The van der Waals surface area contributed by atoms with E-state index in [0.29, 0.717) is 24.2 Å². The van der Waals surface area contributed by atoms with Crippen molar-refractivity contribution in [2.45, 2.75) is 45.7 Å². The molecule has 1 heterocycles. The van der Waals surface area contributed by atoms with Crippen LogP contribution in [0, 0.1) is 17.6 Å². The summed E-state index contributed by atoms with van der Waals surface area (Å²) < 4.78 is 28.2. The number of nitrogens with zero attached hydrogens (tertiary/aromatic N) is 1. The molecule has 0 bridgehead atoms. The van der Waals surface area contributed by atoms with E-state index in [1.807, 2.05) is 4.90 Å². The van der Waals surface area contributed by atoms with E-state index in [0.717, 1.165) is 19.4 Å². The lowest BCUT2D eigenvalue weighted by molar-refractivity contribution is 0.341. The predicted octanol–water partition coefficient (Wildman–Crippen LogP) is 4.33. The van der Waals surface area contributed by atoms with Gasteiger partial charge in [-0.15, -0.1) is 0 Å². The Kier molecular flexibility index (Phi) is 5.60. The molecule has 1 fully saturated rings. The topological polar surface area (TPSA) is 15.3 Å². The Bertz CT molecular complexity index is 493. The van der Waals surface area contributed by atoms with Gasteiger partial charge in [0, 0.05) is 31.2 Å². The first kappa shape index (κ1) is 16.7. The molecule has 21 heavy (non-hydrogen) atoms. The largest absolute Gasteiger partial charge is 0.363 e. The van der Waals surface area contributed by atoms with Crippen molar-refractivity contribution in [1.29, 1.82) is 0 Å². The lowest BCUT2D eigenvalue weighted by Gasteiger charge is -2.42. The van der Waals surface area contributed by atoms with Gasteiger partial charge in [-0.3, -0.25) is 0 Å². The van der Waals surface area contributed by atoms with Crippen molar-refractivity contribution in [2.24, 2.45) is 5.92 Å². The van der Waals surface area contributed by atoms with E-state index in [-0.39, 0.29) is 16.3 Å². The lowest BCUT2D eigenvalue weighted by atomic mass is 9.98. The zero-order valence-corrected chi connectivity index (χ0v) is 14.4. The Balaban J connectivity index is 2.26. The molecule has 0 aromatic heterocycles. The van der Waals surface area contributed by atoms with Crippen molar-refractivity contribution in [3.63, 3.8) is 0 Å². The van der Waals surface area contributed by atoms with Crippen LogP contribution in [0.25, 0.3) is 0 Å². The molecule has 2 nitrogen and oxygen atoms in total. The molecule has 0 spiro atoms. The van der Waals surface area contributed by atoms with E-state index in [1.165, 1.54) is 12.1 Å². The van der Waals surface area contributed by atoms with Crippen LogP contribution in [0.5, 0.6) is 0 Å². The summed E-state index contributed by atoms with van der Waals surface area (Å²) in [6.45, 7) is 7.96. The van der Waals surface area contributed by atoms with Gasteiger partial charge in [-0.25, -0.2) is 8.78 Å². The molecular formula is C16H23BrF2N2. The summed E-state index contributed by atoms with van der Waals surface area (Å²) in [5.74, 6) is -0.207. The van der Waals surface area contributed by atoms with Crippen LogP contribution in [0.4, 0.5) is 14.5 Å². The maximum absolute atomic E-state index is 14.3. The van der Waals surface area contributed by atoms with Crippen LogP contribution in [-0.2, 0) is 0 Å². The molecule has 0 amide bonds. The average Bonchev–Trinajstić information content (AvgIpc) is 2.42. The average molecular weight is 361 g/mol. The van der Waals surface area contributed by atoms with E-state index in [1.54, 1.807) is 0 Å². The molecule has 2 atom stereocenters. The molecule has 0 aliphatic carbocycles. The van der Waals surface area contributed by atoms with Crippen molar-refractivity contribution in [2.75, 3.05) is 18.0 Å². The molecule has 2 rings (SSSR count). The Hall–Kier alpha value is -0.680. The van der Waals surface area contributed by atoms with Crippen LogP contribution in [-0.4, -0.2) is 25.2 Å². The second kappa shape index (κ2) is 7.05. The minimum absolute atomic E-state index is 0.172. The second-order valence-corrected chi connectivity index (χ2v) is 7.02. The summed E-state index contributed by atoms with van der Waals surface area (Å²) in [4.78, 5) is 2.02. The van der Waals surface area contributed by atoms with Gasteiger partial charge in [0.2, 0.25) is 0 Å². The normalized spacial score (nSPS) is 22.9. The third-order valence-corrected chi connectivity index (χ3v) is 4.63. The number of hydrogen-bond donors (Lipinski definition) is 1. The Labute approximate surface area is 134 Å². The maximum Gasteiger partial charge on any atom is 0.147 e. The zero-order chi connectivity index (χ0) is 15.6. The van der Waals surface area contributed by atoms with Crippen molar-refractivity contribution >= 4 is 21.6 Å². The van der Waals surface area contributed by atoms with E-state index >= 15 is 0 Å². The van der Waals surface area contributed by atoms with Gasteiger partial charge in [0.25, 0.3) is 0 Å². The van der Waals surface area contributed by atoms with Crippen LogP contribution in [0.2, 0.25) is 0 Å². The van der Waals surface area contributed by atoms with Gasteiger partial charge >= 0.3 is 0 Å². The van der Waals surface area contributed by atoms with E-state index in [2.05, 4.69) is 42.0 Å². The molecule has 5 heteroatoms. The van der Waals surface area contributed by atoms with Gasteiger partial charge in [0.15, 0.2) is 0 Å². The molecule has 1 N–H and O–H groups in total. The van der Waals surface area contributed by atoms with Gasteiger partial charge in [0.05, 0.1) is 10.2 Å². The fraction of sp³-hybridized carbons (Fsp3) is 0.625. The molecule has 118 valence electrons. The maximum atomic E-state index is 14.3. The van der Waals surface area contributed by atoms with Crippen LogP contribution in [0.15, 0.2) is 16.6 Å².